The fraction of sp³-hybridized carbons (Fsp3) is 0.615. The van der Waals surface area contributed by atoms with Crippen LogP contribution in [0.1, 0.15) is 18.5 Å². The third-order valence-corrected chi connectivity index (χ3v) is 3.38. The van der Waals surface area contributed by atoms with Crippen molar-refractivity contribution in [1.29, 1.82) is 0 Å². The zero-order valence-corrected chi connectivity index (χ0v) is 11.1. The minimum Gasteiger partial charge on any atom is -0.394 e. The molecule has 0 atom stereocenters. The summed E-state index contributed by atoms with van der Waals surface area (Å²) in [5, 5.41) is 9.45. The molecule has 1 aromatic rings. The van der Waals surface area contributed by atoms with Crippen LogP contribution in [0.3, 0.4) is 0 Å². The Morgan fingerprint density at radius 2 is 2.22 bits per heavy atom. The molecule has 18 heavy (non-hydrogen) atoms. The highest BCUT2D eigenvalue weighted by atomic mass is 35.5. The molecule has 4 nitrogen and oxygen atoms in total. The average molecular weight is 271 g/mol. The maximum absolute atomic E-state index is 8.71. The molecule has 0 unspecified atom stereocenters. The smallest absolute Gasteiger partial charge is 0.0701 e. The van der Waals surface area contributed by atoms with Crippen molar-refractivity contribution < 1.29 is 9.84 Å². The first-order valence-electron chi connectivity index (χ1n) is 6.33. The molecule has 1 aliphatic rings. The molecule has 0 bridgehead atoms. The molecular weight excluding hydrogens is 252 g/mol. The van der Waals surface area contributed by atoms with Crippen molar-refractivity contribution in [2.45, 2.75) is 25.5 Å². The van der Waals surface area contributed by atoms with Gasteiger partial charge >= 0.3 is 0 Å². The monoisotopic (exact) mass is 270 g/mol. The van der Waals surface area contributed by atoms with Crippen molar-refractivity contribution in [3.8, 4) is 0 Å². The van der Waals surface area contributed by atoms with Gasteiger partial charge in [0, 0.05) is 30.9 Å². The summed E-state index contributed by atoms with van der Waals surface area (Å²) in [6, 6.07) is 3.70. The minimum absolute atomic E-state index is 0.104. The van der Waals surface area contributed by atoms with E-state index < -0.39 is 0 Å². The minimum atomic E-state index is 0.104. The molecular formula is C13H19ClN2O2. The number of pyridine rings is 1. The van der Waals surface area contributed by atoms with Crippen LogP contribution in [0.5, 0.6) is 0 Å². The number of nitrogens with zero attached hydrogens (tertiary/aromatic N) is 2. The molecule has 0 saturated carbocycles. The van der Waals surface area contributed by atoms with Gasteiger partial charge in [-0.3, -0.25) is 9.88 Å². The standard InChI is InChI=1S/C13H19ClN2O2/c14-11-1-4-15-12(9-11)10-16-5-2-13(3-6-16)18-8-7-17/h1,4,9,13,17H,2-3,5-8,10H2. The third-order valence-electron chi connectivity index (χ3n) is 3.14. The Labute approximate surface area is 113 Å². The first-order valence-corrected chi connectivity index (χ1v) is 6.71. The number of piperidine rings is 1. The van der Waals surface area contributed by atoms with E-state index in [2.05, 4.69) is 9.88 Å². The maximum Gasteiger partial charge on any atom is 0.0701 e. The van der Waals surface area contributed by atoms with Crippen LogP contribution in [0.4, 0.5) is 0 Å². The van der Waals surface area contributed by atoms with Crippen molar-refractivity contribution >= 4 is 11.6 Å². The SMILES string of the molecule is OCCOC1CCN(Cc2cc(Cl)ccn2)CC1. The van der Waals surface area contributed by atoms with E-state index in [1.807, 2.05) is 6.07 Å². The molecule has 0 aromatic carbocycles. The molecule has 0 amide bonds. The molecule has 2 heterocycles. The molecule has 1 aliphatic heterocycles. The predicted molar refractivity (Wildman–Crippen MR) is 70.6 cm³/mol. The number of ether oxygens (including phenoxy) is 1. The van der Waals surface area contributed by atoms with E-state index in [0.717, 1.165) is 43.2 Å². The van der Waals surface area contributed by atoms with Gasteiger partial charge in [-0.05, 0) is 25.0 Å². The molecule has 2 rings (SSSR count). The number of halogens is 1. The molecule has 1 aromatic heterocycles. The summed E-state index contributed by atoms with van der Waals surface area (Å²) in [7, 11) is 0. The summed E-state index contributed by atoms with van der Waals surface area (Å²) < 4.78 is 5.54. The lowest BCUT2D eigenvalue weighted by Gasteiger charge is -2.31. The fourth-order valence-corrected chi connectivity index (χ4v) is 2.40. The molecule has 5 heteroatoms. The van der Waals surface area contributed by atoms with Gasteiger partial charge in [-0.2, -0.15) is 0 Å². The van der Waals surface area contributed by atoms with Crippen LogP contribution in [0.2, 0.25) is 5.02 Å². The van der Waals surface area contributed by atoms with Crippen LogP contribution in [-0.2, 0) is 11.3 Å². The van der Waals surface area contributed by atoms with Crippen LogP contribution in [0.15, 0.2) is 18.3 Å². The second-order valence-electron chi connectivity index (χ2n) is 4.54. The summed E-state index contributed by atoms with van der Waals surface area (Å²) in [4.78, 5) is 6.67. The first-order chi connectivity index (χ1) is 8.78. The lowest BCUT2D eigenvalue weighted by atomic mass is 10.1. The van der Waals surface area contributed by atoms with E-state index in [4.69, 9.17) is 21.4 Å². The Hall–Kier alpha value is -0.680. The number of likely N-dealkylation sites (tertiary alicyclic amines) is 1. The highest BCUT2D eigenvalue weighted by molar-refractivity contribution is 6.30. The Balaban J connectivity index is 1.76. The van der Waals surface area contributed by atoms with Gasteiger partial charge < -0.3 is 9.84 Å². The van der Waals surface area contributed by atoms with Crippen LogP contribution in [0, 0.1) is 0 Å². The maximum atomic E-state index is 8.71. The number of aliphatic hydroxyl groups is 1. The van der Waals surface area contributed by atoms with E-state index >= 15 is 0 Å². The highest BCUT2D eigenvalue weighted by Gasteiger charge is 2.19. The van der Waals surface area contributed by atoms with Gasteiger partial charge in [-0.25, -0.2) is 0 Å². The van der Waals surface area contributed by atoms with Gasteiger partial charge in [0.25, 0.3) is 0 Å². The third kappa shape index (κ3) is 4.21. The lowest BCUT2D eigenvalue weighted by molar-refractivity contribution is -0.00918. The second kappa shape index (κ2) is 7.04. The number of rotatable bonds is 5. The Bertz CT molecular complexity index is 368. The van der Waals surface area contributed by atoms with E-state index in [9.17, 15) is 0 Å². The summed E-state index contributed by atoms with van der Waals surface area (Å²) in [5.41, 5.74) is 1.01. The molecule has 100 valence electrons. The van der Waals surface area contributed by atoms with Crippen LogP contribution in [0.25, 0.3) is 0 Å². The summed E-state index contributed by atoms with van der Waals surface area (Å²) in [5.74, 6) is 0. The quantitative estimate of drug-likeness (QED) is 0.885. The molecule has 1 saturated heterocycles. The molecule has 0 spiro atoms. The highest BCUT2D eigenvalue weighted by Crippen LogP contribution is 2.16. The van der Waals surface area contributed by atoms with Gasteiger partial charge in [-0.15, -0.1) is 0 Å². The van der Waals surface area contributed by atoms with Gasteiger partial charge in [0.2, 0.25) is 0 Å². The Morgan fingerprint density at radius 1 is 1.44 bits per heavy atom. The molecule has 1 fully saturated rings. The molecule has 0 aliphatic carbocycles. The zero-order valence-electron chi connectivity index (χ0n) is 10.4. The summed E-state index contributed by atoms with van der Waals surface area (Å²) in [6.07, 6.45) is 4.07. The van der Waals surface area contributed by atoms with Crippen LogP contribution < -0.4 is 0 Å². The Kier molecular flexibility index (Phi) is 5.38. The topological polar surface area (TPSA) is 45.6 Å². The van der Waals surface area contributed by atoms with Gasteiger partial charge in [0.05, 0.1) is 25.0 Å². The van der Waals surface area contributed by atoms with Crippen molar-refractivity contribution in [2.24, 2.45) is 0 Å². The van der Waals surface area contributed by atoms with Crippen molar-refractivity contribution in [3.63, 3.8) is 0 Å². The van der Waals surface area contributed by atoms with Gasteiger partial charge in [-0.1, -0.05) is 11.6 Å². The van der Waals surface area contributed by atoms with Crippen molar-refractivity contribution in [1.82, 2.24) is 9.88 Å². The van der Waals surface area contributed by atoms with E-state index in [1.54, 1.807) is 12.3 Å². The molecule has 1 N–H and O–H groups in total. The number of aliphatic hydroxyl groups excluding tert-OH is 1. The van der Waals surface area contributed by atoms with Gasteiger partial charge in [0.15, 0.2) is 0 Å². The number of hydrogen-bond donors (Lipinski definition) is 1. The van der Waals surface area contributed by atoms with Crippen molar-refractivity contribution in [2.75, 3.05) is 26.3 Å². The molecule has 0 radical (unpaired) electrons. The largest absolute Gasteiger partial charge is 0.394 e. The van der Waals surface area contributed by atoms with Crippen molar-refractivity contribution in [3.05, 3.63) is 29.0 Å². The van der Waals surface area contributed by atoms with E-state index in [-0.39, 0.29) is 6.61 Å². The van der Waals surface area contributed by atoms with Crippen LogP contribution in [-0.4, -0.2) is 47.4 Å². The average Bonchev–Trinajstić information content (AvgIpc) is 2.38. The summed E-state index contributed by atoms with van der Waals surface area (Å²) >= 11 is 5.94. The first kappa shape index (κ1) is 13.7. The van der Waals surface area contributed by atoms with E-state index in [0.29, 0.717) is 12.7 Å². The lowest BCUT2D eigenvalue weighted by Crippen LogP contribution is -2.37. The van der Waals surface area contributed by atoms with Gasteiger partial charge in [0.1, 0.15) is 0 Å². The Morgan fingerprint density at radius 3 is 2.89 bits per heavy atom. The zero-order chi connectivity index (χ0) is 12.8. The second-order valence-corrected chi connectivity index (χ2v) is 4.97. The van der Waals surface area contributed by atoms with Crippen LogP contribution >= 0.6 is 11.6 Å². The predicted octanol–water partition coefficient (Wildman–Crippen LogP) is 1.71. The number of hydrogen-bond acceptors (Lipinski definition) is 4. The normalized spacial score (nSPS) is 18.1. The summed E-state index contributed by atoms with van der Waals surface area (Å²) in [6.45, 7) is 3.40. The number of aromatic nitrogens is 1. The van der Waals surface area contributed by atoms with E-state index in [1.165, 1.54) is 0 Å². The fourth-order valence-electron chi connectivity index (χ4n) is 2.22.